The normalized spacial score (nSPS) is 24.9. The predicted molar refractivity (Wildman–Crippen MR) is 123 cm³/mol. The molecule has 4 heterocycles. The molecule has 5 nitrogen and oxygen atoms in total. The minimum atomic E-state index is 0.106. The Morgan fingerprint density at radius 3 is 2.52 bits per heavy atom. The lowest BCUT2D eigenvalue weighted by Crippen LogP contribution is -2.49. The molecule has 0 aromatic carbocycles. The molecule has 3 aliphatic heterocycles. The number of aromatic nitrogens is 1. The van der Waals surface area contributed by atoms with E-state index >= 15 is 0 Å². The number of carbonyl (C=O) groups excluding carboxylic acids is 1. The van der Waals surface area contributed by atoms with E-state index in [1.54, 1.807) is 6.07 Å². The molecule has 3 aliphatic rings. The van der Waals surface area contributed by atoms with Crippen molar-refractivity contribution in [2.24, 2.45) is 5.92 Å². The summed E-state index contributed by atoms with van der Waals surface area (Å²) in [6.45, 7) is 3.34. The van der Waals surface area contributed by atoms with Crippen molar-refractivity contribution in [2.45, 2.75) is 102 Å². The second-order valence-corrected chi connectivity index (χ2v) is 10.00. The molecule has 172 valence electrons. The molecule has 0 spiro atoms. The molecule has 0 N–H and O–H groups in total. The number of pyridine rings is 1. The summed E-state index contributed by atoms with van der Waals surface area (Å²) in [6, 6.07) is 5.58. The zero-order chi connectivity index (χ0) is 21.5. The average molecular weight is 429 g/mol. The Balaban J connectivity index is 1.06. The number of carbonyl (C=O) groups is 1. The fraction of sp³-hybridized carbons (Fsp3) is 0.769. The van der Waals surface area contributed by atoms with Gasteiger partial charge in [-0.15, -0.1) is 0 Å². The fourth-order valence-electron chi connectivity index (χ4n) is 5.84. The molecule has 0 unspecified atom stereocenters. The lowest BCUT2D eigenvalue weighted by Gasteiger charge is -2.42. The number of nitrogens with zero attached hydrogens (tertiary/aromatic N) is 2. The van der Waals surface area contributed by atoms with Gasteiger partial charge in [0.25, 0.3) is 5.56 Å². The van der Waals surface area contributed by atoms with E-state index in [0.29, 0.717) is 30.3 Å². The number of rotatable bonds is 11. The van der Waals surface area contributed by atoms with E-state index < -0.39 is 0 Å². The monoisotopic (exact) mass is 428 g/mol. The summed E-state index contributed by atoms with van der Waals surface area (Å²) in [7, 11) is 0. The minimum Gasteiger partial charge on any atom is -0.378 e. The van der Waals surface area contributed by atoms with Crippen molar-refractivity contribution in [3.05, 3.63) is 34.2 Å². The van der Waals surface area contributed by atoms with Crippen LogP contribution in [0.15, 0.2) is 23.0 Å². The van der Waals surface area contributed by atoms with Crippen LogP contribution in [0.2, 0.25) is 0 Å². The first-order valence-corrected chi connectivity index (χ1v) is 12.8. The Bertz CT molecular complexity index is 768. The van der Waals surface area contributed by atoms with Gasteiger partial charge in [0.1, 0.15) is 0 Å². The number of fused-ring (bicyclic) bond motifs is 4. The molecule has 3 atom stereocenters. The van der Waals surface area contributed by atoms with E-state index in [2.05, 4.69) is 11.0 Å². The number of likely N-dealkylation sites (tertiary alicyclic amines) is 1. The Hall–Kier alpha value is -1.62. The molecule has 0 saturated carbocycles. The molecule has 1 amide bonds. The van der Waals surface area contributed by atoms with Crippen LogP contribution in [-0.4, -0.2) is 41.2 Å². The molecule has 5 heteroatoms. The lowest BCUT2D eigenvalue weighted by atomic mass is 9.83. The van der Waals surface area contributed by atoms with Gasteiger partial charge in [0.2, 0.25) is 5.91 Å². The maximum absolute atomic E-state index is 12.8. The van der Waals surface area contributed by atoms with Gasteiger partial charge in [0.15, 0.2) is 0 Å². The van der Waals surface area contributed by atoms with Gasteiger partial charge in [-0.25, -0.2) is 0 Å². The van der Waals surface area contributed by atoms with E-state index in [1.807, 2.05) is 10.6 Å². The second-order valence-electron chi connectivity index (χ2n) is 10.00. The summed E-state index contributed by atoms with van der Waals surface area (Å²) in [4.78, 5) is 27.0. The molecular weight excluding hydrogens is 388 g/mol. The van der Waals surface area contributed by atoms with Crippen molar-refractivity contribution in [3.8, 4) is 0 Å². The Kier molecular flexibility index (Phi) is 8.23. The highest BCUT2D eigenvalue weighted by Crippen LogP contribution is 2.35. The topological polar surface area (TPSA) is 51.5 Å². The fourth-order valence-corrected chi connectivity index (χ4v) is 5.84. The quantitative estimate of drug-likeness (QED) is 0.472. The number of hydrogen-bond acceptors (Lipinski definition) is 3. The molecule has 2 saturated heterocycles. The van der Waals surface area contributed by atoms with Crippen LogP contribution in [-0.2, 0) is 16.1 Å². The summed E-state index contributed by atoms with van der Waals surface area (Å²) in [6.07, 6.45) is 16.2. The summed E-state index contributed by atoms with van der Waals surface area (Å²) >= 11 is 0. The number of unbranched alkanes of at least 4 members (excludes halogenated alkanes) is 7. The van der Waals surface area contributed by atoms with E-state index in [0.717, 1.165) is 44.8 Å². The molecule has 4 rings (SSSR count). The Labute approximate surface area is 187 Å². The molecule has 31 heavy (non-hydrogen) atoms. The van der Waals surface area contributed by atoms with E-state index in [4.69, 9.17) is 4.74 Å². The van der Waals surface area contributed by atoms with E-state index in [-0.39, 0.29) is 5.56 Å². The zero-order valence-electron chi connectivity index (χ0n) is 19.1. The molecule has 2 bridgehead atoms. The second kappa shape index (κ2) is 11.3. The SMILES string of the molecule is O=C(CCCCCCCCCC[C@@H]1CCCO1)N1C[C@H]2C[C@@H](C1)c1cccc(=O)n1C2. The third kappa shape index (κ3) is 6.21. The molecule has 0 radical (unpaired) electrons. The molecule has 0 aliphatic carbocycles. The van der Waals surface area contributed by atoms with Crippen LogP contribution in [0.25, 0.3) is 0 Å². The van der Waals surface area contributed by atoms with Crippen LogP contribution in [0.3, 0.4) is 0 Å². The smallest absolute Gasteiger partial charge is 0.250 e. The third-order valence-corrected chi connectivity index (χ3v) is 7.52. The summed E-state index contributed by atoms with van der Waals surface area (Å²) < 4.78 is 7.62. The average Bonchev–Trinajstić information content (AvgIpc) is 3.29. The number of amides is 1. The maximum Gasteiger partial charge on any atom is 0.250 e. The largest absolute Gasteiger partial charge is 0.378 e. The van der Waals surface area contributed by atoms with Gasteiger partial charge in [-0.1, -0.05) is 51.0 Å². The number of piperidine rings is 1. The minimum absolute atomic E-state index is 0.106. The maximum atomic E-state index is 12.8. The van der Waals surface area contributed by atoms with E-state index in [1.165, 1.54) is 64.2 Å². The van der Waals surface area contributed by atoms with Gasteiger partial charge >= 0.3 is 0 Å². The predicted octanol–water partition coefficient (Wildman–Crippen LogP) is 4.87. The highest BCUT2D eigenvalue weighted by Gasteiger charge is 2.35. The Morgan fingerprint density at radius 1 is 0.968 bits per heavy atom. The van der Waals surface area contributed by atoms with Crippen molar-refractivity contribution in [2.75, 3.05) is 19.7 Å². The highest BCUT2D eigenvalue weighted by atomic mass is 16.5. The van der Waals surface area contributed by atoms with Gasteiger partial charge in [-0.05, 0) is 44.1 Å². The standard InChI is InChI=1S/C26H40N2O3/c29-25(14-8-6-4-2-1-3-5-7-11-23-12-10-16-31-23)27-18-21-17-22(20-27)24-13-9-15-26(30)28(24)19-21/h9,13,15,21-23H,1-8,10-12,14,16-20H2/t21-,22+,23-/m1/s1. The first-order chi connectivity index (χ1) is 15.2. The molecule has 1 aromatic heterocycles. The summed E-state index contributed by atoms with van der Waals surface area (Å²) in [5.74, 6) is 1.07. The van der Waals surface area contributed by atoms with Crippen LogP contribution in [0.4, 0.5) is 0 Å². The Morgan fingerprint density at radius 2 is 1.74 bits per heavy atom. The van der Waals surface area contributed by atoms with Crippen LogP contribution >= 0.6 is 0 Å². The highest BCUT2D eigenvalue weighted by molar-refractivity contribution is 5.76. The third-order valence-electron chi connectivity index (χ3n) is 7.52. The van der Waals surface area contributed by atoms with Crippen molar-refractivity contribution in [1.82, 2.24) is 9.47 Å². The van der Waals surface area contributed by atoms with Gasteiger partial charge in [0, 0.05) is 50.3 Å². The summed E-state index contributed by atoms with van der Waals surface area (Å²) in [5.41, 5.74) is 1.23. The molecule has 2 fully saturated rings. The van der Waals surface area contributed by atoms with E-state index in [9.17, 15) is 9.59 Å². The van der Waals surface area contributed by atoms with Crippen molar-refractivity contribution in [3.63, 3.8) is 0 Å². The van der Waals surface area contributed by atoms with Crippen molar-refractivity contribution in [1.29, 1.82) is 0 Å². The number of hydrogen-bond donors (Lipinski definition) is 0. The van der Waals surface area contributed by atoms with Crippen molar-refractivity contribution < 1.29 is 9.53 Å². The van der Waals surface area contributed by atoms with Gasteiger partial charge in [-0.3, -0.25) is 9.59 Å². The molecule has 1 aromatic rings. The lowest BCUT2D eigenvalue weighted by molar-refractivity contribution is -0.134. The summed E-state index contributed by atoms with van der Waals surface area (Å²) in [5, 5.41) is 0. The first-order valence-electron chi connectivity index (χ1n) is 12.8. The van der Waals surface area contributed by atoms with Gasteiger partial charge in [-0.2, -0.15) is 0 Å². The van der Waals surface area contributed by atoms with Crippen LogP contribution < -0.4 is 5.56 Å². The van der Waals surface area contributed by atoms with Gasteiger partial charge < -0.3 is 14.2 Å². The van der Waals surface area contributed by atoms with Crippen LogP contribution in [0.1, 0.15) is 95.1 Å². The van der Waals surface area contributed by atoms with Crippen LogP contribution in [0.5, 0.6) is 0 Å². The zero-order valence-corrected chi connectivity index (χ0v) is 19.1. The number of ether oxygens (including phenoxy) is 1. The molecular formula is C26H40N2O3. The van der Waals surface area contributed by atoms with Gasteiger partial charge in [0.05, 0.1) is 6.10 Å². The first kappa shape index (κ1) is 22.6. The van der Waals surface area contributed by atoms with Crippen molar-refractivity contribution >= 4 is 5.91 Å². The van der Waals surface area contributed by atoms with Crippen LogP contribution in [0, 0.1) is 5.92 Å².